The molecule has 2 fully saturated rings. The number of halogens is 2. The van der Waals surface area contributed by atoms with Crippen LogP contribution in [0.1, 0.15) is 29.7 Å². The van der Waals surface area contributed by atoms with Gasteiger partial charge in [-0.3, -0.25) is 14.5 Å². The second-order valence-electron chi connectivity index (χ2n) is 8.93. The molecule has 0 spiro atoms. The molecule has 4 heterocycles. The van der Waals surface area contributed by atoms with Gasteiger partial charge in [-0.2, -0.15) is 13.9 Å². The second kappa shape index (κ2) is 7.84. The van der Waals surface area contributed by atoms with Crippen molar-refractivity contribution in [2.45, 2.75) is 26.0 Å². The lowest BCUT2D eigenvalue weighted by Gasteiger charge is -2.37. The van der Waals surface area contributed by atoms with Crippen molar-refractivity contribution in [2.75, 3.05) is 24.7 Å². The first-order valence-electron chi connectivity index (χ1n) is 10.4. The molecule has 2 saturated heterocycles. The summed E-state index contributed by atoms with van der Waals surface area (Å²) >= 11 is 0. The average molecular weight is 477 g/mol. The number of carbonyl (C=O) groups is 1. The van der Waals surface area contributed by atoms with Crippen LogP contribution in [0.2, 0.25) is 0 Å². The van der Waals surface area contributed by atoms with Crippen LogP contribution in [0.5, 0.6) is 5.75 Å². The highest BCUT2D eigenvalue weighted by molar-refractivity contribution is 7.92. The number of ketones is 1. The molecule has 2 aliphatic rings. The molecule has 0 bridgehead atoms. The van der Waals surface area contributed by atoms with Gasteiger partial charge in [-0.15, -0.1) is 0 Å². The van der Waals surface area contributed by atoms with Gasteiger partial charge in [-0.25, -0.2) is 8.42 Å². The highest BCUT2D eigenvalue weighted by Crippen LogP contribution is 2.37. The van der Waals surface area contributed by atoms with E-state index >= 15 is 0 Å². The van der Waals surface area contributed by atoms with Gasteiger partial charge in [-0.05, 0) is 18.2 Å². The Morgan fingerprint density at radius 3 is 2.70 bits per heavy atom. The molecule has 2 aliphatic heterocycles. The van der Waals surface area contributed by atoms with Gasteiger partial charge in [0.15, 0.2) is 15.6 Å². The fourth-order valence-corrected chi connectivity index (χ4v) is 6.68. The lowest BCUT2D eigenvalue weighted by atomic mass is 9.86. The molecule has 0 aliphatic carbocycles. The van der Waals surface area contributed by atoms with E-state index < -0.39 is 21.9 Å². The van der Waals surface area contributed by atoms with Crippen LogP contribution >= 0.6 is 0 Å². The largest absolute Gasteiger partial charge is 0.435 e. The Kier molecular flexibility index (Phi) is 5.20. The summed E-state index contributed by atoms with van der Waals surface area (Å²) in [4.78, 5) is 17.4. The molecule has 0 N–H and O–H groups in total. The molecule has 2 aromatic heterocycles. The minimum absolute atomic E-state index is 0.0000644. The zero-order chi connectivity index (χ0) is 23.4. The van der Waals surface area contributed by atoms with Crippen LogP contribution in [0.4, 0.5) is 8.78 Å². The lowest BCUT2D eigenvalue weighted by Crippen LogP contribution is -2.47. The van der Waals surface area contributed by atoms with Gasteiger partial charge in [-0.1, -0.05) is 19.1 Å². The third kappa shape index (κ3) is 4.22. The SMILES string of the molecule is CC1(CC(=O)c2cnc3c(-c4cccc(OC(F)F)c4)nn(C4COC4)c3c2)CS(=O)(=O)C1. The average Bonchev–Trinajstić information content (AvgIpc) is 3.03. The van der Waals surface area contributed by atoms with Gasteiger partial charge in [0.05, 0.1) is 36.3 Å². The van der Waals surface area contributed by atoms with Crippen LogP contribution in [0.3, 0.4) is 0 Å². The zero-order valence-corrected chi connectivity index (χ0v) is 18.5. The first-order valence-corrected chi connectivity index (χ1v) is 12.2. The molecule has 8 nitrogen and oxygen atoms in total. The molecule has 0 amide bonds. The summed E-state index contributed by atoms with van der Waals surface area (Å²) < 4.78 is 60.0. The third-order valence-corrected chi connectivity index (χ3v) is 8.16. The van der Waals surface area contributed by atoms with Crippen molar-refractivity contribution in [1.82, 2.24) is 14.8 Å². The van der Waals surface area contributed by atoms with E-state index in [1.54, 1.807) is 29.8 Å². The summed E-state index contributed by atoms with van der Waals surface area (Å²) in [6.07, 6.45) is 1.56. The summed E-state index contributed by atoms with van der Waals surface area (Å²) in [5.74, 6) is -0.180. The minimum atomic E-state index is -3.06. The van der Waals surface area contributed by atoms with E-state index in [0.29, 0.717) is 41.1 Å². The summed E-state index contributed by atoms with van der Waals surface area (Å²) in [5.41, 5.74) is 1.98. The number of sulfone groups is 1. The zero-order valence-electron chi connectivity index (χ0n) is 17.7. The highest BCUT2D eigenvalue weighted by Gasteiger charge is 2.45. The number of nitrogens with zero attached hydrogens (tertiary/aromatic N) is 3. The Balaban J connectivity index is 1.52. The summed E-state index contributed by atoms with van der Waals surface area (Å²) in [5, 5.41) is 4.66. The topological polar surface area (TPSA) is 100 Å². The van der Waals surface area contributed by atoms with Crippen LogP contribution in [0, 0.1) is 5.41 Å². The predicted molar refractivity (Wildman–Crippen MR) is 115 cm³/mol. The Bertz CT molecular complexity index is 1340. The second-order valence-corrected chi connectivity index (χ2v) is 11.0. The van der Waals surface area contributed by atoms with E-state index in [2.05, 4.69) is 14.8 Å². The van der Waals surface area contributed by atoms with Crippen molar-refractivity contribution < 1.29 is 31.5 Å². The lowest BCUT2D eigenvalue weighted by molar-refractivity contribution is -0.0498. The maximum absolute atomic E-state index is 12.9. The van der Waals surface area contributed by atoms with E-state index in [1.165, 1.54) is 18.3 Å². The van der Waals surface area contributed by atoms with Crippen molar-refractivity contribution in [3.05, 3.63) is 42.1 Å². The molecule has 0 radical (unpaired) electrons. The Hall–Kier alpha value is -2.92. The summed E-state index contributed by atoms with van der Waals surface area (Å²) in [6.45, 7) is -0.237. The number of Topliss-reactive ketones (excluding diaryl/α,β-unsaturated/α-hetero) is 1. The smallest absolute Gasteiger partial charge is 0.387 e. The number of alkyl halides is 2. The molecule has 1 aromatic carbocycles. The monoisotopic (exact) mass is 477 g/mol. The van der Waals surface area contributed by atoms with Gasteiger partial charge >= 0.3 is 6.61 Å². The van der Waals surface area contributed by atoms with Crippen molar-refractivity contribution in [3.8, 4) is 17.0 Å². The first kappa shape index (κ1) is 21.9. The molecular weight excluding hydrogens is 456 g/mol. The van der Waals surface area contributed by atoms with Gasteiger partial charge in [0, 0.05) is 29.2 Å². The maximum Gasteiger partial charge on any atom is 0.387 e. The van der Waals surface area contributed by atoms with E-state index in [-0.39, 0.29) is 35.5 Å². The fraction of sp³-hybridized carbons (Fsp3) is 0.409. The number of benzene rings is 1. The molecule has 5 rings (SSSR count). The normalized spacial score (nSPS) is 19.3. The molecule has 174 valence electrons. The standard InChI is InChI=1S/C22H21F2N3O5S/c1-22(11-33(29,30)12-22)7-18(28)14-6-17-20(25-8-14)19(26-27(17)15-9-31-10-15)13-3-2-4-16(5-13)32-21(23)24/h2-6,8,15,21H,7,9-12H2,1H3. The maximum atomic E-state index is 12.9. The summed E-state index contributed by atoms with van der Waals surface area (Å²) in [7, 11) is -3.06. The molecule has 11 heteroatoms. The van der Waals surface area contributed by atoms with E-state index in [1.807, 2.05) is 0 Å². The number of aromatic nitrogens is 3. The Morgan fingerprint density at radius 1 is 1.30 bits per heavy atom. The van der Waals surface area contributed by atoms with Crippen LogP contribution in [-0.2, 0) is 14.6 Å². The fourth-order valence-electron chi connectivity index (χ4n) is 4.44. The van der Waals surface area contributed by atoms with Gasteiger partial charge in [0.1, 0.15) is 17.0 Å². The van der Waals surface area contributed by atoms with Gasteiger partial charge in [0.2, 0.25) is 0 Å². The molecule has 0 saturated carbocycles. The van der Waals surface area contributed by atoms with Crippen molar-refractivity contribution >= 4 is 26.7 Å². The minimum Gasteiger partial charge on any atom is -0.435 e. The number of pyridine rings is 1. The number of hydrogen-bond donors (Lipinski definition) is 0. The van der Waals surface area contributed by atoms with E-state index in [9.17, 15) is 22.0 Å². The van der Waals surface area contributed by atoms with E-state index in [0.717, 1.165) is 0 Å². The summed E-state index contributed by atoms with van der Waals surface area (Å²) in [6, 6.07) is 7.88. The molecule has 0 unspecified atom stereocenters. The first-order chi connectivity index (χ1) is 15.6. The molecule has 3 aromatic rings. The van der Waals surface area contributed by atoms with Crippen LogP contribution in [0.25, 0.3) is 22.3 Å². The van der Waals surface area contributed by atoms with E-state index in [4.69, 9.17) is 4.74 Å². The molecular formula is C22H21F2N3O5S. The van der Waals surface area contributed by atoms with Gasteiger partial charge < -0.3 is 9.47 Å². The quantitative estimate of drug-likeness (QED) is 0.482. The number of fused-ring (bicyclic) bond motifs is 1. The van der Waals surface area contributed by atoms with Crippen LogP contribution < -0.4 is 4.74 Å². The van der Waals surface area contributed by atoms with Crippen molar-refractivity contribution in [2.24, 2.45) is 5.41 Å². The van der Waals surface area contributed by atoms with Crippen LogP contribution in [-0.4, -0.2) is 60.3 Å². The Labute approximate surface area is 188 Å². The number of ether oxygens (including phenoxy) is 2. The Morgan fingerprint density at radius 2 is 2.06 bits per heavy atom. The number of rotatable bonds is 7. The van der Waals surface area contributed by atoms with Gasteiger partial charge in [0.25, 0.3) is 0 Å². The number of hydrogen-bond acceptors (Lipinski definition) is 7. The molecule has 0 atom stereocenters. The number of carbonyl (C=O) groups excluding carboxylic acids is 1. The molecule has 33 heavy (non-hydrogen) atoms. The van der Waals surface area contributed by atoms with Crippen LogP contribution in [0.15, 0.2) is 36.5 Å². The van der Waals surface area contributed by atoms with Crippen molar-refractivity contribution in [3.63, 3.8) is 0 Å². The highest BCUT2D eigenvalue weighted by atomic mass is 32.2. The third-order valence-electron chi connectivity index (χ3n) is 5.89. The predicted octanol–water partition coefficient (Wildman–Crippen LogP) is 3.28. The van der Waals surface area contributed by atoms with Crippen molar-refractivity contribution in [1.29, 1.82) is 0 Å².